The molecular weight excluding hydrogens is 292 g/mol. The molecule has 0 saturated heterocycles. The molecule has 0 atom stereocenters. The van der Waals surface area contributed by atoms with Gasteiger partial charge in [-0.2, -0.15) is 5.10 Å². The van der Waals surface area contributed by atoms with Crippen molar-refractivity contribution in [3.63, 3.8) is 0 Å². The molecule has 0 bridgehead atoms. The monoisotopic (exact) mass is 320 g/mol. The van der Waals surface area contributed by atoms with Crippen molar-refractivity contribution in [1.82, 2.24) is 5.43 Å². The molecule has 1 aromatic rings. The zero-order valence-electron chi connectivity index (χ0n) is 14.4. The van der Waals surface area contributed by atoms with E-state index in [9.17, 15) is 4.79 Å². The molecule has 1 rings (SSSR count). The van der Waals surface area contributed by atoms with Crippen LogP contribution in [-0.4, -0.2) is 25.8 Å². The van der Waals surface area contributed by atoms with Gasteiger partial charge in [-0.25, -0.2) is 5.43 Å². The minimum Gasteiger partial charge on any atom is -0.493 e. The molecule has 1 amide bonds. The largest absolute Gasteiger partial charge is 0.493 e. The molecule has 128 valence electrons. The normalized spacial score (nSPS) is 10.7. The van der Waals surface area contributed by atoms with Gasteiger partial charge in [0.05, 0.1) is 19.9 Å². The van der Waals surface area contributed by atoms with Crippen molar-refractivity contribution in [2.45, 2.75) is 52.4 Å². The number of amides is 1. The second-order valence-electron chi connectivity index (χ2n) is 5.36. The number of hydrogen-bond donors (Lipinski definition) is 1. The molecule has 0 aliphatic carbocycles. The molecule has 0 spiro atoms. The summed E-state index contributed by atoms with van der Waals surface area (Å²) in [4.78, 5) is 11.5. The topological polar surface area (TPSA) is 59.9 Å². The van der Waals surface area contributed by atoms with Crippen LogP contribution in [-0.2, 0) is 4.79 Å². The maximum Gasteiger partial charge on any atom is 0.240 e. The third-order valence-corrected chi connectivity index (χ3v) is 3.35. The second kappa shape index (κ2) is 11.5. The number of ether oxygens (including phenoxy) is 2. The van der Waals surface area contributed by atoms with Gasteiger partial charge in [-0.05, 0) is 36.6 Å². The summed E-state index contributed by atoms with van der Waals surface area (Å²) in [7, 11) is 1.61. The van der Waals surface area contributed by atoms with Gasteiger partial charge in [-0.15, -0.1) is 0 Å². The second-order valence-corrected chi connectivity index (χ2v) is 5.36. The van der Waals surface area contributed by atoms with Gasteiger partial charge in [0.2, 0.25) is 5.91 Å². The van der Waals surface area contributed by atoms with Gasteiger partial charge >= 0.3 is 0 Å². The SMILES string of the molecule is CCCCCOc1ccc(/C=N/NC(=O)CCCC)cc1OC. The average molecular weight is 320 g/mol. The summed E-state index contributed by atoms with van der Waals surface area (Å²) in [6, 6.07) is 5.60. The lowest BCUT2D eigenvalue weighted by Gasteiger charge is -2.11. The fraction of sp³-hybridized carbons (Fsp3) is 0.556. The summed E-state index contributed by atoms with van der Waals surface area (Å²) in [5.74, 6) is 1.33. The number of nitrogens with one attached hydrogen (secondary N) is 1. The molecule has 23 heavy (non-hydrogen) atoms. The zero-order chi connectivity index (χ0) is 16.9. The van der Waals surface area contributed by atoms with Crippen LogP contribution in [0, 0.1) is 0 Å². The summed E-state index contributed by atoms with van der Waals surface area (Å²) in [5.41, 5.74) is 3.37. The molecule has 5 heteroatoms. The third-order valence-electron chi connectivity index (χ3n) is 3.35. The van der Waals surface area contributed by atoms with Gasteiger partial charge in [-0.3, -0.25) is 4.79 Å². The molecule has 0 heterocycles. The van der Waals surface area contributed by atoms with Crippen LogP contribution in [0.15, 0.2) is 23.3 Å². The number of hydrogen-bond acceptors (Lipinski definition) is 4. The Labute approximate surface area is 139 Å². The maximum absolute atomic E-state index is 11.5. The van der Waals surface area contributed by atoms with E-state index in [-0.39, 0.29) is 5.91 Å². The first kappa shape index (κ1) is 19.0. The molecule has 1 N–H and O–H groups in total. The Hall–Kier alpha value is -2.04. The summed E-state index contributed by atoms with van der Waals surface area (Å²) in [6.45, 7) is 4.90. The van der Waals surface area contributed by atoms with Crippen LogP contribution in [0.5, 0.6) is 11.5 Å². The van der Waals surface area contributed by atoms with Crippen LogP contribution < -0.4 is 14.9 Å². The molecule has 0 unspecified atom stereocenters. The highest BCUT2D eigenvalue weighted by molar-refractivity contribution is 5.83. The van der Waals surface area contributed by atoms with E-state index in [0.29, 0.717) is 18.8 Å². The first-order valence-corrected chi connectivity index (χ1v) is 8.34. The summed E-state index contributed by atoms with van der Waals surface area (Å²) < 4.78 is 11.1. The fourth-order valence-corrected chi connectivity index (χ4v) is 1.99. The molecule has 0 radical (unpaired) electrons. The number of carbonyl (C=O) groups excluding carboxylic acids is 1. The van der Waals surface area contributed by atoms with Crippen molar-refractivity contribution in [1.29, 1.82) is 0 Å². The van der Waals surface area contributed by atoms with E-state index in [0.717, 1.165) is 37.0 Å². The predicted octanol–water partition coefficient (Wildman–Crippen LogP) is 3.90. The van der Waals surface area contributed by atoms with Crippen molar-refractivity contribution in [3.8, 4) is 11.5 Å². The van der Waals surface area contributed by atoms with Crippen molar-refractivity contribution >= 4 is 12.1 Å². The average Bonchev–Trinajstić information content (AvgIpc) is 2.57. The molecular formula is C18H28N2O3. The lowest BCUT2D eigenvalue weighted by molar-refractivity contribution is -0.121. The molecule has 0 fully saturated rings. The van der Waals surface area contributed by atoms with Crippen LogP contribution in [0.1, 0.15) is 57.9 Å². The Bertz CT molecular complexity index is 501. The summed E-state index contributed by atoms with van der Waals surface area (Å²) in [6.07, 6.45) is 7.33. The number of benzene rings is 1. The van der Waals surface area contributed by atoms with E-state index in [1.165, 1.54) is 6.42 Å². The minimum atomic E-state index is -0.0639. The molecule has 0 aliphatic heterocycles. The van der Waals surface area contributed by atoms with E-state index in [1.54, 1.807) is 13.3 Å². The number of carbonyl (C=O) groups is 1. The highest BCUT2D eigenvalue weighted by Crippen LogP contribution is 2.27. The Morgan fingerprint density at radius 3 is 2.65 bits per heavy atom. The van der Waals surface area contributed by atoms with Gasteiger partial charge in [0.25, 0.3) is 0 Å². The van der Waals surface area contributed by atoms with Crippen LogP contribution in [0.4, 0.5) is 0 Å². The lowest BCUT2D eigenvalue weighted by Crippen LogP contribution is -2.16. The smallest absolute Gasteiger partial charge is 0.240 e. The Morgan fingerprint density at radius 2 is 1.96 bits per heavy atom. The van der Waals surface area contributed by atoms with E-state index in [4.69, 9.17) is 9.47 Å². The van der Waals surface area contributed by atoms with Crippen molar-refractivity contribution in [2.75, 3.05) is 13.7 Å². The standard InChI is InChI=1S/C18H28N2O3/c1-4-6-8-12-23-16-11-10-15(13-17(16)22-3)14-19-20-18(21)9-7-5-2/h10-11,13-14H,4-9,12H2,1-3H3,(H,20,21)/b19-14+. The van der Waals surface area contributed by atoms with Gasteiger partial charge in [0, 0.05) is 6.42 Å². The maximum atomic E-state index is 11.5. The lowest BCUT2D eigenvalue weighted by atomic mass is 10.2. The van der Waals surface area contributed by atoms with Gasteiger partial charge in [0.1, 0.15) is 0 Å². The quantitative estimate of drug-likeness (QED) is 0.382. The Morgan fingerprint density at radius 1 is 1.17 bits per heavy atom. The first-order valence-electron chi connectivity index (χ1n) is 8.34. The van der Waals surface area contributed by atoms with E-state index >= 15 is 0 Å². The molecule has 0 saturated carbocycles. The molecule has 0 aromatic heterocycles. The summed E-state index contributed by atoms with van der Waals surface area (Å²) >= 11 is 0. The molecule has 0 aliphatic rings. The van der Waals surface area contributed by atoms with E-state index in [2.05, 4.69) is 24.4 Å². The Balaban J connectivity index is 2.55. The Kier molecular flexibility index (Phi) is 9.52. The van der Waals surface area contributed by atoms with Crippen LogP contribution in [0.3, 0.4) is 0 Å². The van der Waals surface area contributed by atoms with Gasteiger partial charge in [-0.1, -0.05) is 33.1 Å². The highest BCUT2D eigenvalue weighted by Gasteiger charge is 2.05. The number of methoxy groups -OCH3 is 1. The van der Waals surface area contributed by atoms with Crippen molar-refractivity contribution < 1.29 is 14.3 Å². The summed E-state index contributed by atoms with van der Waals surface area (Å²) in [5, 5.41) is 3.97. The molecule has 5 nitrogen and oxygen atoms in total. The van der Waals surface area contributed by atoms with Gasteiger partial charge in [0.15, 0.2) is 11.5 Å². The van der Waals surface area contributed by atoms with Crippen LogP contribution in [0.25, 0.3) is 0 Å². The predicted molar refractivity (Wildman–Crippen MR) is 93.3 cm³/mol. The number of rotatable bonds is 11. The van der Waals surface area contributed by atoms with Crippen molar-refractivity contribution in [2.24, 2.45) is 5.10 Å². The van der Waals surface area contributed by atoms with Gasteiger partial charge < -0.3 is 9.47 Å². The van der Waals surface area contributed by atoms with E-state index < -0.39 is 0 Å². The number of nitrogens with zero attached hydrogens (tertiary/aromatic N) is 1. The zero-order valence-corrected chi connectivity index (χ0v) is 14.4. The van der Waals surface area contributed by atoms with E-state index in [1.807, 2.05) is 18.2 Å². The number of unbranched alkanes of at least 4 members (excludes halogenated alkanes) is 3. The van der Waals surface area contributed by atoms with Crippen molar-refractivity contribution in [3.05, 3.63) is 23.8 Å². The fourth-order valence-electron chi connectivity index (χ4n) is 1.99. The minimum absolute atomic E-state index is 0.0639. The van der Waals surface area contributed by atoms with Crippen LogP contribution >= 0.6 is 0 Å². The highest BCUT2D eigenvalue weighted by atomic mass is 16.5. The first-order chi connectivity index (χ1) is 11.2. The third kappa shape index (κ3) is 7.68. The molecule has 1 aromatic carbocycles. The number of hydrazone groups is 1. The van der Waals surface area contributed by atoms with Crippen LogP contribution in [0.2, 0.25) is 0 Å².